The first kappa shape index (κ1) is 14.7. The van der Waals surface area contributed by atoms with Crippen molar-refractivity contribution in [1.82, 2.24) is 9.97 Å². The molecule has 2 unspecified atom stereocenters. The molecule has 2 rings (SSSR count). The van der Waals surface area contributed by atoms with Gasteiger partial charge in [-0.2, -0.15) is 0 Å². The van der Waals surface area contributed by atoms with Gasteiger partial charge in [-0.25, -0.2) is 14.8 Å². The Hall–Kier alpha value is -1.69. The Bertz CT molecular complexity index is 506. The lowest BCUT2D eigenvalue weighted by Gasteiger charge is -2.37. The fourth-order valence-electron chi connectivity index (χ4n) is 2.86. The summed E-state index contributed by atoms with van der Waals surface area (Å²) in [5, 5.41) is 0. The Morgan fingerprint density at radius 3 is 2.80 bits per heavy atom. The zero-order valence-electron chi connectivity index (χ0n) is 12.2. The second kappa shape index (κ2) is 5.75. The molecule has 0 radical (unpaired) electrons. The van der Waals surface area contributed by atoms with Crippen LogP contribution in [0, 0.1) is 5.92 Å². The number of nitrogens with zero attached hydrogens (tertiary/aromatic N) is 2. The second-order valence-electron chi connectivity index (χ2n) is 5.38. The number of nitrogen functional groups attached to an aromatic ring is 1. The third kappa shape index (κ3) is 2.60. The van der Waals surface area contributed by atoms with Gasteiger partial charge in [0.2, 0.25) is 0 Å². The number of ether oxygens (including phenoxy) is 2. The zero-order chi connectivity index (χ0) is 14.8. The molecule has 6 nitrogen and oxygen atoms in total. The Balaban J connectivity index is 2.36. The molecule has 110 valence electrons. The van der Waals surface area contributed by atoms with E-state index in [-0.39, 0.29) is 11.4 Å². The predicted octanol–water partition coefficient (Wildman–Crippen LogP) is 1.90. The summed E-state index contributed by atoms with van der Waals surface area (Å²) in [5.74, 6) is 0.708. The van der Waals surface area contributed by atoms with Crippen molar-refractivity contribution in [3.05, 3.63) is 17.6 Å². The summed E-state index contributed by atoms with van der Waals surface area (Å²) >= 11 is 0. The van der Waals surface area contributed by atoms with Crippen LogP contribution in [0.4, 0.5) is 5.82 Å². The molecule has 1 saturated carbocycles. The van der Waals surface area contributed by atoms with Crippen molar-refractivity contribution >= 4 is 11.8 Å². The van der Waals surface area contributed by atoms with Gasteiger partial charge in [0.15, 0.2) is 5.82 Å². The first-order chi connectivity index (χ1) is 9.52. The van der Waals surface area contributed by atoms with Gasteiger partial charge in [0.1, 0.15) is 17.0 Å². The smallest absolute Gasteiger partial charge is 0.343 e. The minimum absolute atomic E-state index is 0.136. The highest BCUT2D eigenvalue weighted by atomic mass is 16.5. The van der Waals surface area contributed by atoms with Gasteiger partial charge in [-0.3, -0.25) is 0 Å². The Labute approximate surface area is 118 Å². The van der Waals surface area contributed by atoms with Crippen molar-refractivity contribution in [2.24, 2.45) is 5.92 Å². The van der Waals surface area contributed by atoms with E-state index in [0.29, 0.717) is 11.7 Å². The highest BCUT2D eigenvalue weighted by molar-refractivity contribution is 5.93. The third-order valence-electron chi connectivity index (χ3n) is 3.98. The summed E-state index contributed by atoms with van der Waals surface area (Å²) in [6.45, 7) is 2.19. The lowest BCUT2D eigenvalue weighted by molar-refractivity contribution is -0.0645. The highest BCUT2D eigenvalue weighted by Gasteiger charge is 2.39. The van der Waals surface area contributed by atoms with E-state index in [1.807, 2.05) is 0 Å². The Kier molecular flexibility index (Phi) is 4.23. The summed E-state index contributed by atoms with van der Waals surface area (Å²) in [4.78, 5) is 20.1. The van der Waals surface area contributed by atoms with Crippen molar-refractivity contribution in [3.63, 3.8) is 0 Å². The molecule has 0 aromatic carbocycles. The molecule has 1 aliphatic carbocycles. The number of hydrogen-bond acceptors (Lipinski definition) is 6. The number of methoxy groups -OCH3 is 2. The monoisotopic (exact) mass is 279 g/mol. The molecule has 1 fully saturated rings. The first-order valence-electron chi connectivity index (χ1n) is 6.79. The van der Waals surface area contributed by atoms with E-state index in [9.17, 15) is 4.79 Å². The number of esters is 1. The molecule has 1 heterocycles. The number of rotatable bonds is 3. The predicted molar refractivity (Wildman–Crippen MR) is 74.1 cm³/mol. The van der Waals surface area contributed by atoms with Crippen molar-refractivity contribution < 1.29 is 14.3 Å². The third-order valence-corrected chi connectivity index (χ3v) is 3.98. The van der Waals surface area contributed by atoms with Gasteiger partial charge in [0.25, 0.3) is 0 Å². The van der Waals surface area contributed by atoms with E-state index in [1.54, 1.807) is 7.11 Å². The molecule has 1 aromatic rings. The second-order valence-corrected chi connectivity index (χ2v) is 5.38. The van der Waals surface area contributed by atoms with Crippen molar-refractivity contribution in [1.29, 1.82) is 0 Å². The van der Waals surface area contributed by atoms with E-state index >= 15 is 0 Å². The molecule has 6 heteroatoms. The van der Waals surface area contributed by atoms with E-state index in [1.165, 1.54) is 19.7 Å². The average molecular weight is 279 g/mol. The number of carbonyl (C=O) groups excluding carboxylic acids is 1. The Morgan fingerprint density at radius 1 is 1.50 bits per heavy atom. The van der Waals surface area contributed by atoms with Crippen LogP contribution in [0.1, 0.15) is 48.8 Å². The van der Waals surface area contributed by atoms with Gasteiger partial charge < -0.3 is 15.2 Å². The molecule has 2 atom stereocenters. The molecule has 0 bridgehead atoms. The number of aromatic nitrogens is 2. The Morgan fingerprint density at radius 2 is 2.25 bits per heavy atom. The first-order valence-corrected chi connectivity index (χ1v) is 6.79. The highest BCUT2D eigenvalue weighted by Crippen LogP contribution is 2.41. The molecule has 20 heavy (non-hydrogen) atoms. The number of nitrogens with two attached hydrogens (primary N) is 1. The van der Waals surface area contributed by atoms with Crippen LogP contribution in [0.25, 0.3) is 0 Å². The van der Waals surface area contributed by atoms with Crippen molar-refractivity contribution in [2.75, 3.05) is 20.0 Å². The molecule has 1 aromatic heterocycles. The number of anilines is 1. The van der Waals surface area contributed by atoms with Gasteiger partial charge >= 0.3 is 5.97 Å². The summed E-state index contributed by atoms with van der Waals surface area (Å²) in [6, 6.07) is 0. The quantitative estimate of drug-likeness (QED) is 0.850. The molecule has 0 saturated heterocycles. The van der Waals surface area contributed by atoms with Crippen molar-refractivity contribution in [2.45, 2.75) is 38.2 Å². The standard InChI is InChI=1S/C14H21N3O3/c1-9-5-4-6-14(7-9,20-3)13-16-8-10(11(15)17-13)12(18)19-2/h8-9H,4-7H2,1-3H3,(H2,15,16,17). The molecule has 0 aliphatic heterocycles. The maximum atomic E-state index is 11.5. The fourth-order valence-corrected chi connectivity index (χ4v) is 2.86. The van der Waals surface area contributed by atoms with Crippen molar-refractivity contribution in [3.8, 4) is 0 Å². The molecule has 1 aliphatic rings. The number of hydrogen-bond donors (Lipinski definition) is 1. The van der Waals surface area contributed by atoms with Gasteiger partial charge in [0, 0.05) is 13.3 Å². The van der Waals surface area contributed by atoms with Crippen LogP contribution in [-0.2, 0) is 15.1 Å². The van der Waals surface area contributed by atoms with E-state index in [2.05, 4.69) is 21.6 Å². The van der Waals surface area contributed by atoms with Crippen LogP contribution in [-0.4, -0.2) is 30.2 Å². The normalized spacial score (nSPS) is 26.2. The molecule has 2 N–H and O–H groups in total. The average Bonchev–Trinajstić information content (AvgIpc) is 2.46. The topological polar surface area (TPSA) is 87.3 Å². The molecular formula is C14H21N3O3. The van der Waals surface area contributed by atoms with Gasteiger partial charge in [0.05, 0.1) is 7.11 Å². The van der Waals surface area contributed by atoms with Crippen LogP contribution in [0.5, 0.6) is 0 Å². The maximum Gasteiger partial charge on any atom is 0.343 e. The molecule has 0 spiro atoms. The summed E-state index contributed by atoms with van der Waals surface area (Å²) in [6.07, 6.45) is 5.40. The summed E-state index contributed by atoms with van der Waals surface area (Å²) in [7, 11) is 2.97. The zero-order valence-corrected chi connectivity index (χ0v) is 12.2. The van der Waals surface area contributed by atoms with Gasteiger partial charge in [-0.15, -0.1) is 0 Å². The summed E-state index contributed by atoms with van der Waals surface area (Å²) < 4.78 is 10.4. The largest absolute Gasteiger partial charge is 0.465 e. The minimum Gasteiger partial charge on any atom is -0.465 e. The number of carbonyl (C=O) groups is 1. The lowest BCUT2D eigenvalue weighted by Crippen LogP contribution is -2.36. The SMILES string of the molecule is COC(=O)c1cnc(C2(OC)CCCC(C)C2)nc1N. The van der Waals surface area contributed by atoms with E-state index in [0.717, 1.165) is 19.3 Å². The van der Waals surface area contributed by atoms with Gasteiger partial charge in [-0.1, -0.05) is 13.3 Å². The van der Waals surface area contributed by atoms with Gasteiger partial charge in [-0.05, 0) is 25.2 Å². The lowest BCUT2D eigenvalue weighted by atomic mass is 9.78. The van der Waals surface area contributed by atoms with Crippen LogP contribution >= 0.6 is 0 Å². The van der Waals surface area contributed by atoms with Crippen LogP contribution < -0.4 is 5.73 Å². The summed E-state index contributed by atoms with van der Waals surface area (Å²) in [5.41, 5.74) is 5.53. The fraction of sp³-hybridized carbons (Fsp3) is 0.643. The molecule has 0 amide bonds. The molecular weight excluding hydrogens is 258 g/mol. The van der Waals surface area contributed by atoms with Crippen LogP contribution in [0.15, 0.2) is 6.20 Å². The van der Waals surface area contributed by atoms with Crippen LogP contribution in [0.3, 0.4) is 0 Å². The van der Waals surface area contributed by atoms with Crippen LogP contribution in [0.2, 0.25) is 0 Å². The minimum atomic E-state index is -0.530. The maximum absolute atomic E-state index is 11.5. The van der Waals surface area contributed by atoms with E-state index < -0.39 is 11.6 Å². The van der Waals surface area contributed by atoms with E-state index in [4.69, 9.17) is 10.5 Å².